The minimum Gasteiger partial charge on any atom is -0.481 e. The summed E-state index contributed by atoms with van der Waals surface area (Å²) in [7, 11) is -4.47. The molecule has 0 aliphatic rings. The molecule has 0 rings (SSSR count). The van der Waals surface area contributed by atoms with Gasteiger partial charge in [0, 0.05) is 25.9 Å². The van der Waals surface area contributed by atoms with Crippen molar-refractivity contribution in [1.29, 1.82) is 0 Å². The average molecular weight is 522 g/mol. The van der Waals surface area contributed by atoms with Crippen LogP contribution in [-0.4, -0.2) is 54.0 Å². The SMILES string of the molecule is CCCCN(CCCC)C(=O)CCCCCCCCC(CCCCCCCC(=O)O)OS(=O)(=O)O. The number of amides is 1. The van der Waals surface area contributed by atoms with Crippen molar-refractivity contribution in [1.82, 2.24) is 4.90 Å². The van der Waals surface area contributed by atoms with E-state index in [2.05, 4.69) is 13.8 Å². The highest BCUT2D eigenvalue weighted by atomic mass is 32.3. The van der Waals surface area contributed by atoms with Crippen LogP contribution in [0.3, 0.4) is 0 Å². The van der Waals surface area contributed by atoms with Gasteiger partial charge in [0.1, 0.15) is 0 Å². The van der Waals surface area contributed by atoms with Crippen LogP contribution in [0, 0.1) is 0 Å². The van der Waals surface area contributed by atoms with Gasteiger partial charge in [-0.15, -0.1) is 0 Å². The molecule has 1 unspecified atom stereocenters. The average Bonchev–Trinajstić information content (AvgIpc) is 2.78. The third kappa shape index (κ3) is 23.0. The quantitative estimate of drug-likeness (QED) is 0.103. The number of aliphatic carboxylic acids is 1. The van der Waals surface area contributed by atoms with Gasteiger partial charge in [0.25, 0.3) is 0 Å². The fourth-order valence-corrected chi connectivity index (χ4v) is 4.70. The lowest BCUT2D eigenvalue weighted by Crippen LogP contribution is -2.32. The van der Waals surface area contributed by atoms with Crippen molar-refractivity contribution in [2.24, 2.45) is 0 Å². The smallest absolute Gasteiger partial charge is 0.397 e. The van der Waals surface area contributed by atoms with Gasteiger partial charge >= 0.3 is 16.4 Å². The predicted molar refractivity (Wildman–Crippen MR) is 140 cm³/mol. The Hall–Kier alpha value is -1.19. The summed E-state index contributed by atoms with van der Waals surface area (Å²) in [6, 6.07) is 0. The number of carboxylic acids is 1. The van der Waals surface area contributed by atoms with Crippen molar-refractivity contribution >= 4 is 22.3 Å². The monoisotopic (exact) mass is 521 g/mol. The molecule has 1 atom stereocenters. The molecule has 208 valence electrons. The van der Waals surface area contributed by atoms with Crippen molar-refractivity contribution < 1.29 is 31.8 Å². The minimum atomic E-state index is -4.47. The molecule has 0 radical (unpaired) electrons. The lowest BCUT2D eigenvalue weighted by molar-refractivity contribution is -0.137. The number of carbonyl (C=O) groups is 2. The van der Waals surface area contributed by atoms with Crippen molar-refractivity contribution in [3.05, 3.63) is 0 Å². The molecule has 0 bridgehead atoms. The molecule has 0 aromatic heterocycles. The summed E-state index contributed by atoms with van der Waals surface area (Å²) >= 11 is 0. The number of rotatable bonds is 25. The molecule has 0 aliphatic carbocycles. The standard InChI is InChI=1S/C26H51NO7S/c1-3-5-22-27(23-6-4-2)25(28)20-16-12-8-7-10-14-18-24(34-35(31,32)33)19-15-11-9-13-17-21-26(29)30/h24H,3-23H2,1-2H3,(H,29,30)(H,31,32,33). The highest BCUT2D eigenvalue weighted by molar-refractivity contribution is 7.80. The van der Waals surface area contributed by atoms with E-state index in [-0.39, 0.29) is 12.3 Å². The topological polar surface area (TPSA) is 121 Å². The molecule has 0 heterocycles. The molecular weight excluding hydrogens is 470 g/mol. The van der Waals surface area contributed by atoms with Gasteiger partial charge in [-0.3, -0.25) is 14.1 Å². The third-order valence-corrected chi connectivity index (χ3v) is 6.77. The fraction of sp³-hybridized carbons (Fsp3) is 0.923. The largest absolute Gasteiger partial charge is 0.481 e. The van der Waals surface area contributed by atoms with Crippen molar-refractivity contribution in [3.63, 3.8) is 0 Å². The van der Waals surface area contributed by atoms with Crippen LogP contribution in [0.1, 0.15) is 136 Å². The molecule has 0 fully saturated rings. The lowest BCUT2D eigenvalue weighted by Gasteiger charge is -2.22. The Labute approximate surface area is 214 Å². The molecule has 0 saturated heterocycles. The van der Waals surface area contributed by atoms with Gasteiger partial charge in [-0.05, 0) is 38.5 Å². The molecule has 9 heteroatoms. The van der Waals surface area contributed by atoms with E-state index < -0.39 is 22.5 Å². The van der Waals surface area contributed by atoms with E-state index in [4.69, 9.17) is 13.8 Å². The molecule has 0 aromatic rings. The normalized spacial score (nSPS) is 12.5. The van der Waals surface area contributed by atoms with Crippen LogP contribution in [0.4, 0.5) is 0 Å². The van der Waals surface area contributed by atoms with Crippen LogP contribution >= 0.6 is 0 Å². The van der Waals surface area contributed by atoms with Crippen LogP contribution in [0.25, 0.3) is 0 Å². The highest BCUT2D eigenvalue weighted by Crippen LogP contribution is 2.18. The van der Waals surface area contributed by atoms with Crippen LogP contribution in [-0.2, 0) is 24.2 Å². The van der Waals surface area contributed by atoms with Crippen LogP contribution in [0.15, 0.2) is 0 Å². The Bertz CT molecular complexity index is 632. The summed E-state index contributed by atoms with van der Waals surface area (Å²) in [6.07, 6.45) is 15.6. The number of hydrogen-bond acceptors (Lipinski definition) is 5. The maximum absolute atomic E-state index is 12.5. The third-order valence-electron chi connectivity index (χ3n) is 6.26. The number of unbranched alkanes of at least 4 members (excludes halogenated alkanes) is 11. The van der Waals surface area contributed by atoms with E-state index in [0.29, 0.717) is 25.7 Å². The summed E-state index contributed by atoms with van der Waals surface area (Å²) in [4.78, 5) is 25.0. The van der Waals surface area contributed by atoms with E-state index >= 15 is 0 Å². The molecule has 0 aromatic carbocycles. The second kappa shape index (κ2) is 22.0. The Balaban J connectivity index is 4.01. The summed E-state index contributed by atoms with van der Waals surface area (Å²) < 4.78 is 36.2. The number of nitrogens with zero attached hydrogens (tertiary/aromatic N) is 1. The molecule has 0 saturated carbocycles. The van der Waals surface area contributed by atoms with Gasteiger partial charge in [-0.1, -0.05) is 84.5 Å². The fourth-order valence-electron chi connectivity index (χ4n) is 4.16. The first-order chi connectivity index (χ1) is 16.7. The zero-order valence-corrected chi connectivity index (χ0v) is 23.0. The van der Waals surface area contributed by atoms with E-state index in [1.165, 1.54) is 0 Å². The Morgan fingerprint density at radius 1 is 0.714 bits per heavy atom. The van der Waals surface area contributed by atoms with Crippen molar-refractivity contribution in [3.8, 4) is 0 Å². The lowest BCUT2D eigenvalue weighted by atomic mass is 10.0. The molecule has 35 heavy (non-hydrogen) atoms. The summed E-state index contributed by atoms with van der Waals surface area (Å²) in [5.74, 6) is -0.504. The zero-order valence-electron chi connectivity index (χ0n) is 22.2. The highest BCUT2D eigenvalue weighted by Gasteiger charge is 2.17. The van der Waals surface area contributed by atoms with Gasteiger partial charge < -0.3 is 10.0 Å². The maximum atomic E-state index is 12.5. The zero-order chi connectivity index (χ0) is 26.4. The van der Waals surface area contributed by atoms with E-state index in [1.807, 2.05) is 4.90 Å². The molecule has 1 amide bonds. The van der Waals surface area contributed by atoms with E-state index in [1.54, 1.807) is 0 Å². The van der Waals surface area contributed by atoms with Gasteiger partial charge in [0.15, 0.2) is 0 Å². The van der Waals surface area contributed by atoms with Gasteiger partial charge in [-0.2, -0.15) is 8.42 Å². The van der Waals surface area contributed by atoms with Crippen LogP contribution < -0.4 is 0 Å². The first-order valence-electron chi connectivity index (χ1n) is 13.8. The molecule has 0 aliphatic heterocycles. The first kappa shape index (κ1) is 33.8. The van der Waals surface area contributed by atoms with Gasteiger partial charge in [0.2, 0.25) is 5.91 Å². The number of hydrogen-bond donors (Lipinski definition) is 2. The van der Waals surface area contributed by atoms with Crippen molar-refractivity contribution in [2.45, 2.75) is 142 Å². The van der Waals surface area contributed by atoms with Gasteiger partial charge in [0.05, 0.1) is 6.10 Å². The summed E-state index contributed by atoms with van der Waals surface area (Å²) in [5, 5.41) is 8.64. The van der Waals surface area contributed by atoms with Crippen LogP contribution in [0.5, 0.6) is 0 Å². The van der Waals surface area contributed by atoms with Crippen LogP contribution in [0.2, 0.25) is 0 Å². The summed E-state index contributed by atoms with van der Waals surface area (Å²) in [5.41, 5.74) is 0. The molecule has 8 nitrogen and oxygen atoms in total. The second-order valence-electron chi connectivity index (χ2n) is 9.59. The Morgan fingerprint density at radius 3 is 1.57 bits per heavy atom. The van der Waals surface area contributed by atoms with Crippen molar-refractivity contribution in [2.75, 3.05) is 13.1 Å². The molecular formula is C26H51NO7S. The number of carbonyl (C=O) groups excluding carboxylic acids is 1. The van der Waals surface area contributed by atoms with Gasteiger partial charge in [-0.25, -0.2) is 4.18 Å². The Morgan fingerprint density at radius 2 is 1.14 bits per heavy atom. The maximum Gasteiger partial charge on any atom is 0.397 e. The minimum absolute atomic E-state index is 0.182. The predicted octanol–water partition coefficient (Wildman–Crippen LogP) is 6.54. The molecule has 2 N–H and O–H groups in total. The summed E-state index contributed by atoms with van der Waals surface area (Å²) in [6.45, 7) is 6.03. The second-order valence-corrected chi connectivity index (χ2v) is 10.6. The first-order valence-corrected chi connectivity index (χ1v) is 15.2. The number of carboxylic acid groups (broad SMARTS) is 1. The Kier molecular flexibility index (Phi) is 21.3. The molecule has 0 spiro atoms. The van der Waals surface area contributed by atoms with E-state index in [9.17, 15) is 18.0 Å². The van der Waals surface area contributed by atoms with E-state index in [0.717, 1.165) is 103 Å².